The zero-order valence-corrected chi connectivity index (χ0v) is 19.0. The number of guanidine groups is 2. The molecule has 1 aromatic rings. The maximum Gasteiger partial charge on any atom is 0.300 e. The van der Waals surface area contributed by atoms with Crippen LogP contribution in [0.15, 0.2) is 40.3 Å². The molecule has 1 aliphatic rings. The molecule has 1 aliphatic heterocycles. The van der Waals surface area contributed by atoms with Gasteiger partial charge in [-0.15, -0.1) is 0 Å². The van der Waals surface area contributed by atoms with Crippen LogP contribution in [0.3, 0.4) is 0 Å². The van der Waals surface area contributed by atoms with Crippen molar-refractivity contribution in [1.82, 2.24) is 16.0 Å². The molecular formula is C23H39N5O2. The highest BCUT2D eigenvalue weighted by Gasteiger charge is 2.26. The normalized spacial score (nSPS) is 17.3. The van der Waals surface area contributed by atoms with Crippen molar-refractivity contribution in [2.45, 2.75) is 78.3 Å². The number of hydrogen-bond acceptors (Lipinski definition) is 3. The van der Waals surface area contributed by atoms with E-state index in [0.29, 0.717) is 0 Å². The number of unbranched alkanes of at least 4 members (excludes halogenated alkanes) is 5. The van der Waals surface area contributed by atoms with Gasteiger partial charge < -0.3 is 15.7 Å². The molecule has 0 spiro atoms. The fourth-order valence-corrected chi connectivity index (χ4v) is 2.98. The minimum atomic E-state index is -0.833. The summed E-state index contributed by atoms with van der Waals surface area (Å²) in [4.78, 5) is 18.4. The lowest BCUT2D eigenvalue weighted by Gasteiger charge is -2.36. The first-order chi connectivity index (χ1) is 14.3. The molecule has 1 aromatic carbocycles. The van der Waals surface area contributed by atoms with E-state index in [1.165, 1.54) is 37.7 Å². The minimum absolute atomic E-state index is 0.253. The molecule has 1 saturated heterocycles. The lowest BCUT2D eigenvalue weighted by Crippen LogP contribution is -2.68. The SMILES string of the molecule is CC(=O)O.CCCCCCCCN=C1NC(=NCCc2ccccc2)NC(C)(C)N1. The van der Waals surface area contributed by atoms with Gasteiger partial charge in [0.25, 0.3) is 5.97 Å². The van der Waals surface area contributed by atoms with E-state index in [0.717, 1.165) is 44.8 Å². The van der Waals surface area contributed by atoms with E-state index < -0.39 is 5.97 Å². The van der Waals surface area contributed by atoms with Gasteiger partial charge in [0.15, 0.2) is 11.9 Å². The Morgan fingerprint density at radius 1 is 0.933 bits per heavy atom. The Hall–Kier alpha value is -2.57. The van der Waals surface area contributed by atoms with Crippen LogP contribution in [0.1, 0.15) is 71.8 Å². The Morgan fingerprint density at radius 3 is 2.07 bits per heavy atom. The van der Waals surface area contributed by atoms with Crippen LogP contribution in [-0.4, -0.2) is 41.7 Å². The van der Waals surface area contributed by atoms with Crippen molar-refractivity contribution in [2.75, 3.05) is 13.1 Å². The molecule has 0 aliphatic carbocycles. The number of aliphatic imine (C=N–C) groups is 2. The van der Waals surface area contributed by atoms with Crippen molar-refractivity contribution in [3.63, 3.8) is 0 Å². The average Bonchev–Trinajstić information content (AvgIpc) is 2.66. The summed E-state index contributed by atoms with van der Waals surface area (Å²) in [6.45, 7) is 9.14. The predicted octanol–water partition coefficient (Wildman–Crippen LogP) is 3.91. The van der Waals surface area contributed by atoms with Crippen LogP contribution in [0.5, 0.6) is 0 Å². The van der Waals surface area contributed by atoms with Crippen molar-refractivity contribution in [1.29, 1.82) is 0 Å². The highest BCUT2D eigenvalue weighted by molar-refractivity contribution is 6.01. The highest BCUT2D eigenvalue weighted by atomic mass is 16.4. The number of rotatable bonds is 10. The Bertz CT molecular complexity index is 667. The standard InChI is InChI=1S/C21H35N5.C2H4O2/c1-4-5-6-7-8-12-16-22-19-24-20(26-21(2,3)25-19)23-17-15-18-13-10-9-11-14-18;1-2(3)4/h9-11,13-14H,4-8,12,15-17H2,1-3H3,(H3,22,23,24,25,26);1H3,(H,3,4). The number of benzene rings is 1. The molecule has 30 heavy (non-hydrogen) atoms. The van der Waals surface area contributed by atoms with Gasteiger partial charge in [0.1, 0.15) is 5.66 Å². The highest BCUT2D eigenvalue weighted by Crippen LogP contribution is 2.06. The van der Waals surface area contributed by atoms with Crippen molar-refractivity contribution < 1.29 is 9.90 Å². The third-order valence-corrected chi connectivity index (χ3v) is 4.39. The Balaban J connectivity index is 0.00000103. The van der Waals surface area contributed by atoms with Gasteiger partial charge >= 0.3 is 0 Å². The van der Waals surface area contributed by atoms with Crippen LogP contribution in [0.25, 0.3) is 0 Å². The van der Waals surface area contributed by atoms with E-state index in [1.54, 1.807) is 0 Å². The molecule has 168 valence electrons. The summed E-state index contributed by atoms with van der Waals surface area (Å²) in [5, 5.41) is 17.5. The number of carboxylic acids is 1. The lowest BCUT2D eigenvalue weighted by molar-refractivity contribution is -0.134. The molecule has 4 N–H and O–H groups in total. The fourth-order valence-electron chi connectivity index (χ4n) is 2.98. The molecule has 0 amide bonds. The van der Waals surface area contributed by atoms with Gasteiger partial charge in [-0.2, -0.15) is 0 Å². The second kappa shape index (κ2) is 14.4. The predicted molar refractivity (Wildman–Crippen MR) is 125 cm³/mol. The first kappa shape index (κ1) is 25.5. The molecule has 0 bridgehead atoms. The molecule has 0 unspecified atom stereocenters. The molecule has 0 atom stereocenters. The summed E-state index contributed by atoms with van der Waals surface area (Å²) in [5.74, 6) is 0.784. The molecule has 0 saturated carbocycles. The molecule has 1 heterocycles. The minimum Gasteiger partial charge on any atom is -0.481 e. The van der Waals surface area contributed by atoms with Gasteiger partial charge in [0.05, 0.1) is 0 Å². The molecular weight excluding hydrogens is 378 g/mol. The Kier molecular flexibility index (Phi) is 12.2. The van der Waals surface area contributed by atoms with Gasteiger partial charge in [0, 0.05) is 20.0 Å². The quantitative estimate of drug-likeness (QED) is 0.433. The van der Waals surface area contributed by atoms with E-state index in [4.69, 9.17) is 9.90 Å². The van der Waals surface area contributed by atoms with E-state index >= 15 is 0 Å². The van der Waals surface area contributed by atoms with Crippen LogP contribution in [0.4, 0.5) is 0 Å². The topological polar surface area (TPSA) is 98.1 Å². The van der Waals surface area contributed by atoms with Crippen LogP contribution >= 0.6 is 0 Å². The summed E-state index contributed by atoms with van der Waals surface area (Å²) in [6.07, 6.45) is 8.65. The third kappa shape index (κ3) is 12.8. The maximum absolute atomic E-state index is 9.00. The first-order valence-corrected chi connectivity index (χ1v) is 11.0. The Labute approximate surface area is 181 Å². The molecule has 7 heteroatoms. The molecule has 1 fully saturated rings. The number of hydrogen-bond donors (Lipinski definition) is 4. The van der Waals surface area contributed by atoms with Crippen LogP contribution in [-0.2, 0) is 11.2 Å². The monoisotopic (exact) mass is 417 g/mol. The largest absolute Gasteiger partial charge is 0.481 e. The first-order valence-electron chi connectivity index (χ1n) is 11.0. The van der Waals surface area contributed by atoms with E-state index in [-0.39, 0.29) is 5.66 Å². The van der Waals surface area contributed by atoms with E-state index in [2.05, 4.69) is 71.0 Å². The van der Waals surface area contributed by atoms with E-state index in [9.17, 15) is 0 Å². The average molecular weight is 418 g/mol. The summed E-state index contributed by atoms with van der Waals surface area (Å²) >= 11 is 0. The smallest absolute Gasteiger partial charge is 0.300 e. The van der Waals surface area contributed by atoms with E-state index in [1.807, 2.05) is 6.07 Å². The van der Waals surface area contributed by atoms with Crippen LogP contribution in [0.2, 0.25) is 0 Å². The molecule has 0 radical (unpaired) electrons. The number of nitrogens with zero attached hydrogens (tertiary/aromatic N) is 2. The molecule has 7 nitrogen and oxygen atoms in total. The second-order valence-corrected chi connectivity index (χ2v) is 7.98. The van der Waals surface area contributed by atoms with Crippen molar-refractivity contribution in [3.05, 3.63) is 35.9 Å². The molecule has 0 aromatic heterocycles. The van der Waals surface area contributed by atoms with Crippen molar-refractivity contribution in [2.24, 2.45) is 9.98 Å². The number of carboxylic acid groups (broad SMARTS) is 1. The van der Waals surface area contributed by atoms with Crippen LogP contribution < -0.4 is 16.0 Å². The number of aliphatic carboxylic acids is 1. The molecule has 2 rings (SSSR count). The van der Waals surface area contributed by atoms with Gasteiger partial charge in [-0.25, -0.2) is 0 Å². The summed E-state index contributed by atoms with van der Waals surface area (Å²) < 4.78 is 0. The van der Waals surface area contributed by atoms with Crippen molar-refractivity contribution in [3.8, 4) is 0 Å². The number of carbonyl (C=O) groups is 1. The maximum atomic E-state index is 9.00. The fraction of sp³-hybridized carbons (Fsp3) is 0.609. The van der Waals surface area contributed by atoms with Gasteiger partial charge in [0.2, 0.25) is 0 Å². The summed E-state index contributed by atoms with van der Waals surface area (Å²) in [6, 6.07) is 10.5. The Morgan fingerprint density at radius 2 is 1.47 bits per heavy atom. The zero-order chi connectivity index (χ0) is 22.2. The summed E-state index contributed by atoms with van der Waals surface area (Å²) in [7, 11) is 0. The van der Waals surface area contributed by atoms with Crippen molar-refractivity contribution >= 4 is 17.9 Å². The number of nitrogens with one attached hydrogen (secondary N) is 3. The van der Waals surface area contributed by atoms with Gasteiger partial charge in [-0.05, 0) is 32.3 Å². The van der Waals surface area contributed by atoms with Crippen LogP contribution in [0, 0.1) is 0 Å². The van der Waals surface area contributed by atoms with Gasteiger partial charge in [-0.1, -0.05) is 69.4 Å². The second-order valence-electron chi connectivity index (χ2n) is 7.98. The van der Waals surface area contributed by atoms with Gasteiger partial charge in [-0.3, -0.25) is 20.1 Å². The zero-order valence-electron chi connectivity index (χ0n) is 19.0. The lowest BCUT2D eigenvalue weighted by atomic mass is 10.1. The summed E-state index contributed by atoms with van der Waals surface area (Å²) in [5.41, 5.74) is 1.05. The third-order valence-electron chi connectivity index (χ3n) is 4.39.